The molecule has 2 heterocycles. The Hall–Kier alpha value is -5.57. The molecule has 2 N–H and O–H groups in total. The minimum Gasteiger partial charge on any atom is -0.472 e. The monoisotopic (exact) mass is 886 g/mol. The fourth-order valence-electron chi connectivity index (χ4n) is 5.98. The van der Waals surface area contributed by atoms with Gasteiger partial charge in [-0.2, -0.15) is 4.37 Å². The Kier molecular flexibility index (Phi) is 19.1. The molecule has 2 aromatic carbocycles. The lowest BCUT2D eigenvalue weighted by molar-refractivity contribution is -0.187. The third-order valence-corrected chi connectivity index (χ3v) is 9.73. The molecule has 20 heteroatoms. The predicted molar refractivity (Wildman–Crippen MR) is 227 cm³/mol. The van der Waals surface area contributed by atoms with Gasteiger partial charge in [-0.15, -0.1) is 4.37 Å². The van der Waals surface area contributed by atoms with E-state index in [9.17, 15) is 29.1 Å². The summed E-state index contributed by atoms with van der Waals surface area (Å²) >= 11 is 0.961. The average molecular weight is 887 g/mol. The molecule has 19 nitrogen and oxygen atoms in total. The number of morpholine rings is 1. The van der Waals surface area contributed by atoms with Crippen LogP contribution in [0.1, 0.15) is 63.4 Å². The first-order valence-corrected chi connectivity index (χ1v) is 21.0. The molecule has 340 valence electrons. The van der Waals surface area contributed by atoms with E-state index in [4.69, 9.17) is 33.2 Å². The molecule has 3 aromatic rings. The van der Waals surface area contributed by atoms with Gasteiger partial charge in [0.25, 0.3) is 17.7 Å². The summed E-state index contributed by atoms with van der Waals surface area (Å²) in [7, 11) is 1.34. The van der Waals surface area contributed by atoms with Crippen LogP contribution in [0.5, 0.6) is 17.4 Å². The molecule has 0 saturated carbocycles. The molecule has 2 amide bonds. The van der Waals surface area contributed by atoms with Gasteiger partial charge in [-0.1, -0.05) is 31.5 Å². The highest BCUT2D eigenvalue weighted by atomic mass is 32.1. The van der Waals surface area contributed by atoms with Crippen molar-refractivity contribution in [3.63, 3.8) is 0 Å². The number of rotatable bonds is 23. The second-order valence-electron chi connectivity index (χ2n) is 15.3. The van der Waals surface area contributed by atoms with Gasteiger partial charge < -0.3 is 58.3 Å². The molecular formula is C42H58N6O13S. The number of aryl methyl sites for hydroxylation is 1. The van der Waals surface area contributed by atoms with E-state index in [1.807, 2.05) is 35.2 Å². The van der Waals surface area contributed by atoms with Crippen LogP contribution in [0.3, 0.4) is 0 Å². The first kappa shape index (κ1) is 49.1. The Balaban J connectivity index is 1.33. The quantitative estimate of drug-likeness (QED) is 0.0599. The number of aromatic nitrogens is 2. The lowest BCUT2D eigenvalue weighted by Crippen LogP contribution is -2.52. The van der Waals surface area contributed by atoms with Crippen LogP contribution in [0.15, 0.2) is 42.5 Å². The van der Waals surface area contributed by atoms with Crippen LogP contribution in [-0.2, 0) is 42.9 Å². The summed E-state index contributed by atoms with van der Waals surface area (Å²) in [4.78, 5) is 68.3. The number of nitrogens with zero attached hydrogens (tertiary/aromatic N) is 5. The zero-order valence-corrected chi connectivity index (χ0v) is 37.2. The summed E-state index contributed by atoms with van der Waals surface area (Å²) in [6, 6.07) is 12.5. The molecule has 1 saturated heterocycles. The fourth-order valence-corrected chi connectivity index (χ4v) is 6.50. The molecular weight excluding hydrogens is 829 g/mol. The number of unbranched alkanes of at least 4 members (excludes halogenated alkanes) is 1. The van der Waals surface area contributed by atoms with Gasteiger partial charge in [0.1, 0.15) is 31.6 Å². The minimum atomic E-state index is -1.56. The van der Waals surface area contributed by atoms with Crippen LogP contribution in [0.4, 0.5) is 11.5 Å². The maximum absolute atomic E-state index is 13.6. The molecule has 2 atom stereocenters. The number of hydrogen-bond donors (Lipinski definition) is 2. The molecule has 0 bridgehead atoms. The molecule has 1 aliphatic heterocycles. The second-order valence-corrected chi connectivity index (χ2v) is 15.9. The average Bonchev–Trinajstić information content (AvgIpc) is 3.72. The highest BCUT2D eigenvalue weighted by molar-refractivity contribution is 6.99. The Bertz CT molecular complexity index is 1940. The van der Waals surface area contributed by atoms with Gasteiger partial charge in [0, 0.05) is 39.1 Å². The summed E-state index contributed by atoms with van der Waals surface area (Å²) in [5.41, 5.74) is 0.630. The summed E-state index contributed by atoms with van der Waals surface area (Å²) in [6.07, 6.45) is -0.694. The molecule has 0 radical (unpaired) electrons. The van der Waals surface area contributed by atoms with E-state index >= 15 is 0 Å². The number of aliphatic hydroxyl groups excluding tert-OH is 1. The molecule has 1 fully saturated rings. The predicted octanol–water partition coefficient (Wildman–Crippen LogP) is 3.82. The van der Waals surface area contributed by atoms with Gasteiger partial charge in [0.15, 0.2) is 25.3 Å². The Labute approximate surface area is 365 Å². The number of anilines is 2. The van der Waals surface area contributed by atoms with Crippen molar-refractivity contribution < 1.29 is 62.2 Å². The Morgan fingerprint density at radius 3 is 2.37 bits per heavy atom. The molecule has 0 spiro atoms. The number of likely N-dealkylation sites (N-methyl/N-ethyl adjacent to an activating group) is 1. The van der Waals surface area contributed by atoms with Gasteiger partial charge in [-0.25, -0.2) is 4.79 Å². The number of carbonyl (C=O) groups excluding carboxylic acids is 5. The number of para-hydroxylation sites is 1. The number of nitrogens with one attached hydrogen (secondary N) is 1. The van der Waals surface area contributed by atoms with E-state index in [-0.39, 0.29) is 24.6 Å². The van der Waals surface area contributed by atoms with E-state index in [1.165, 1.54) is 18.9 Å². The number of benzene rings is 2. The summed E-state index contributed by atoms with van der Waals surface area (Å²) in [6.45, 7) is 10.5. The molecule has 62 heavy (non-hydrogen) atoms. The van der Waals surface area contributed by atoms with E-state index in [1.54, 1.807) is 39.8 Å². The number of amides is 2. The molecule has 0 aliphatic carbocycles. The number of ether oxygens (including phenoxy) is 7. The maximum atomic E-state index is 13.6. The number of esters is 3. The van der Waals surface area contributed by atoms with Crippen molar-refractivity contribution in [2.75, 3.05) is 89.6 Å². The van der Waals surface area contributed by atoms with E-state index in [0.717, 1.165) is 29.5 Å². The third kappa shape index (κ3) is 15.7. The Morgan fingerprint density at radius 2 is 1.69 bits per heavy atom. The standard InChI is InChI=1S/C42H58N6O13S/c1-8-9-15-43-33-21-30(20-28(2)38(33)61-31-13-11-10-12-14-31)41(54)59-25-34(50)46(7)23-36(52)57-26-35(51)48(42(4,5)6)22-32(60-37(53)27-56-29(3)49)24-58-40-39(44-62-45-40)47-16-18-55-19-17-47/h10-14,20-21,32,37,43,53H,8-9,15-19,22-27H2,1-7H3/t32-,37?/m0/s1. The molecule has 4 rings (SSSR count). The SMILES string of the molecule is CCCCNc1cc(C(=O)OCC(=O)N(C)CC(=O)OCC(=O)N(C[C@@H](COc2nsnc2N2CCOCC2)OC(O)COC(C)=O)C(C)(C)C)cc(C)c1Oc1ccccc1. The third-order valence-electron chi connectivity index (χ3n) is 9.23. The topological polar surface area (TPSA) is 218 Å². The summed E-state index contributed by atoms with van der Waals surface area (Å²) in [5.74, 6) is -1.61. The van der Waals surface area contributed by atoms with Crippen LogP contribution in [-0.4, -0.2) is 151 Å². The first-order chi connectivity index (χ1) is 29.5. The van der Waals surface area contributed by atoms with Crippen LogP contribution in [0, 0.1) is 6.92 Å². The van der Waals surface area contributed by atoms with Gasteiger partial charge in [-0.3, -0.25) is 19.2 Å². The molecule has 1 unspecified atom stereocenters. The highest BCUT2D eigenvalue weighted by Crippen LogP contribution is 2.35. The summed E-state index contributed by atoms with van der Waals surface area (Å²) in [5, 5.41) is 13.9. The minimum absolute atomic E-state index is 0.149. The fraction of sp³-hybridized carbons (Fsp3) is 0.548. The van der Waals surface area contributed by atoms with Crippen LogP contribution in [0.2, 0.25) is 0 Å². The second kappa shape index (κ2) is 24.2. The summed E-state index contributed by atoms with van der Waals surface area (Å²) < 4.78 is 47.5. The van der Waals surface area contributed by atoms with Crippen LogP contribution < -0.4 is 19.7 Å². The number of aliphatic hydroxyl groups is 1. The zero-order valence-electron chi connectivity index (χ0n) is 36.4. The van der Waals surface area contributed by atoms with Crippen molar-refractivity contribution in [3.05, 3.63) is 53.6 Å². The van der Waals surface area contributed by atoms with Gasteiger partial charge in [0.2, 0.25) is 5.82 Å². The van der Waals surface area contributed by atoms with E-state index in [2.05, 4.69) is 21.0 Å². The van der Waals surface area contributed by atoms with Crippen molar-refractivity contribution in [1.82, 2.24) is 18.5 Å². The zero-order chi connectivity index (χ0) is 45.2. The van der Waals surface area contributed by atoms with Crippen molar-refractivity contribution in [3.8, 4) is 17.4 Å². The maximum Gasteiger partial charge on any atom is 0.338 e. The van der Waals surface area contributed by atoms with Crippen molar-refractivity contribution in [2.24, 2.45) is 0 Å². The van der Waals surface area contributed by atoms with Gasteiger partial charge in [0.05, 0.1) is 42.7 Å². The van der Waals surface area contributed by atoms with Gasteiger partial charge >= 0.3 is 17.9 Å². The first-order valence-electron chi connectivity index (χ1n) is 20.3. The molecule has 1 aromatic heterocycles. The molecule has 1 aliphatic rings. The number of hydrogen-bond acceptors (Lipinski definition) is 18. The van der Waals surface area contributed by atoms with Crippen molar-refractivity contribution >= 4 is 53.0 Å². The highest BCUT2D eigenvalue weighted by Gasteiger charge is 2.32. The number of carbonyl (C=O) groups is 5. The Morgan fingerprint density at radius 1 is 0.984 bits per heavy atom. The van der Waals surface area contributed by atoms with E-state index in [0.29, 0.717) is 61.4 Å². The van der Waals surface area contributed by atoms with Crippen molar-refractivity contribution in [1.29, 1.82) is 0 Å². The normalized spacial score (nSPS) is 13.6. The smallest absolute Gasteiger partial charge is 0.338 e. The lowest BCUT2D eigenvalue weighted by Gasteiger charge is -2.38. The lowest BCUT2D eigenvalue weighted by atomic mass is 10.1. The van der Waals surface area contributed by atoms with Gasteiger partial charge in [-0.05, 0) is 63.9 Å². The van der Waals surface area contributed by atoms with Crippen molar-refractivity contribution in [2.45, 2.75) is 72.3 Å². The van der Waals surface area contributed by atoms with E-state index < -0.39 is 74.0 Å². The van der Waals surface area contributed by atoms with Crippen LogP contribution >= 0.6 is 11.7 Å². The van der Waals surface area contributed by atoms with Crippen LogP contribution in [0.25, 0.3) is 0 Å². The largest absolute Gasteiger partial charge is 0.472 e.